The van der Waals surface area contributed by atoms with Gasteiger partial charge in [-0.25, -0.2) is 0 Å². The molecule has 2 aromatic carbocycles. The summed E-state index contributed by atoms with van der Waals surface area (Å²) in [6.45, 7) is 0.345. The van der Waals surface area contributed by atoms with E-state index in [1.54, 1.807) is 18.2 Å². The summed E-state index contributed by atoms with van der Waals surface area (Å²) in [5, 5.41) is 0. The first-order chi connectivity index (χ1) is 9.41. The third-order valence-corrected chi connectivity index (χ3v) is 3.26. The molecule has 2 N–H and O–H groups in total. The van der Waals surface area contributed by atoms with Gasteiger partial charge in [0.25, 0.3) is 0 Å². The largest absolute Gasteiger partial charge is 0.456 e. The van der Waals surface area contributed by atoms with Crippen LogP contribution < -0.4 is 10.5 Å². The Hall–Kier alpha value is -1.53. The summed E-state index contributed by atoms with van der Waals surface area (Å²) in [5.41, 5.74) is 5.54. The second-order valence-electron chi connectivity index (χ2n) is 4.06. The van der Waals surface area contributed by atoms with Crippen LogP contribution >= 0.6 is 15.9 Å². The van der Waals surface area contributed by atoms with Crippen molar-refractivity contribution in [1.29, 1.82) is 0 Å². The van der Waals surface area contributed by atoms with Crippen molar-refractivity contribution in [2.45, 2.75) is 12.7 Å². The van der Waals surface area contributed by atoms with E-state index >= 15 is 0 Å². The van der Waals surface area contributed by atoms with Crippen LogP contribution in [0.15, 0.2) is 46.9 Å². The Kier molecular flexibility index (Phi) is 4.35. The highest BCUT2D eigenvalue weighted by Crippen LogP contribution is 2.39. The summed E-state index contributed by atoms with van der Waals surface area (Å²) in [6.07, 6.45) is -4.46. The molecule has 2 aromatic rings. The van der Waals surface area contributed by atoms with Crippen LogP contribution in [-0.4, -0.2) is 0 Å². The third-order valence-electron chi connectivity index (χ3n) is 2.64. The number of para-hydroxylation sites is 1. The molecule has 6 heteroatoms. The molecular weight excluding hydrogens is 335 g/mol. The van der Waals surface area contributed by atoms with Crippen molar-refractivity contribution in [3.05, 3.63) is 58.1 Å². The Labute approximate surface area is 122 Å². The normalized spacial score (nSPS) is 11.4. The van der Waals surface area contributed by atoms with Gasteiger partial charge in [-0.2, -0.15) is 13.2 Å². The Balaban J connectivity index is 2.36. The molecule has 20 heavy (non-hydrogen) atoms. The fourth-order valence-electron chi connectivity index (χ4n) is 1.66. The van der Waals surface area contributed by atoms with Crippen molar-refractivity contribution in [2.24, 2.45) is 5.73 Å². The molecule has 0 spiro atoms. The predicted molar refractivity (Wildman–Crippen MR) is 73.6 cm³/mol. The van der Waals surface area contributed by atoms with Crippen LogP contribution in [0.5, 0.6) is 11.5 Å². The van der Waals surface area contributed by atoms with Crippen LogP contribution in [0.4, 0.5) is 13.2 Å². The monoisotopic (exact) mass is 345 g/mol. The first-order valence-electron chi connectivity index (χ1n) is 5.74. The Morgan fingerprint density at radius 2 is 1.75 bits per heavy atom. The minimum absolute atomic E-state index is 0.235. The fraction of sp³-hybridized carbons (Fsp3) is 0.143. The van der Waals surface area contributed by atoms with E-state index in [9.17, 15) is 13.2 Å². The fourth-order valence-corrected chi connectivity index (χ4v) is 2.17. The lowest BCUT2D eigenvalue weighted by Gasteiger charge is -2.14. The third kappa shape index (κ3) is 3.32. The van der Waals surface area contributed by atoms with Gasteiger partial charge in [-0.1, -0.05) is 18.2 Å². The average Bonchev–Trinajstić information content (AvgIpc) is 2.40. The first-order valence-corrected chi connectivity index (χ1v) is 6.53. The van der Waals surface area contributed by atoms with Crippen molar-refractivity contribution in [1.82, 2.24) is 0 Å². The zero-order chi connectivity index (χ0) is 14.8. The second kappa shape index (κ2) is 5.85. The van der Waals surface area contributed by atoms with E-state index < -0.39 is 11.7 Å². The lowest BCUT2D eigenvalue weighted by Crippen LogP contribution is -2.07. The average molecular weight is 346 g/mol. The molecule has 0 saturated heterocycles. The van der Waals surface area contributed by atoms with E-state index in [1.807, 2.05) is 0 Å². The molecule has 0 aliphatic rings. The van der Waals surface area contributed by atoms with Crippen molar-refractivity contribution in [2.75, 3.05) is 0 Å². The number of hydrogen-bond acceptors (Lipinski definition) is 2. The van der Waals surface area contributed by atoms with E-state index in [0.29, 0.717) is 16.8 Å². The van der Waals surface area contributed by atoms with Crippen LogP contribution in [0.25, 0.3) is 0 Å². The van der Waals surface area contributed by atoms with Crippen molar-refractivity contribution >= 4 is 15.9 Å². The predicted octanol–water partition coefficient (Wildman–Crippen LogP) is 4.72. The molecule has 0 saturated carbocycles. The van der Waals surface area contributed by atoms with Crippen LogP contribution in [-0.2, 0) is 12.7 Å². The van der Waals surface area contributed by atoms with Gasteiger partial charge in [0.15, 0.2) is 0 Å². The van der Waals surface area contributed by atoms with Gasteiger partial charge in [-0.3, -0.25) is 0 Å². The highest BCUT2D eigenvalue weighted by molar-refractivity contribution is 9.10. The zero-order valence-corrected chi connectivity index (χ0v) is 11.8. The number of ether oxygens (including phenoxy) is 1. The Morgan fingerprint density at radius 1 is 1.05 bits per heavy atom. The maximum atomic E-state index is 12.9. The number of halogens is 4. The van der Waals surface area contributed by atoms with Crippen molar-refractivity contribution in [3.8, 4) is 11.5 Å². The molecule has 0 atom stereocenters. The van der Waals surface area contributed by atoms with Gasteiger partial charge in [-0.15, -0.1) is 0 Å². The van der Waals surface area contributed by atoms with E-state index in [0.717, 1.165) is 11.6 Å². The molecule has 0 heterocycles. The molecule has 0 amide bonds. The molecule has 0 aliphatic carbocycles. The summed E-state index contributed by atoms with van der Waals surface area (Å²) >= 11 is 3.26. The quantitative estimate of drug-likeness (QED) is 0.873. The highest BCUT2D eigenvalue weighted by atomic mass is 79.9. The lowest BCUT2D eigenvalue weighted by atomic mass is 10.2. The molecule has 0 bridgehead atoms. The molecule has 2 rings (SSSR count). The SMILES string of the molecule is NCc1ccc(Oc2ccccc2C(F)(F)F)c(Br)c1. The summed E-state index contributed by atoms with van der Waals surface area (Å²) < 4.78 is 44.5. The minimum Gasteiger partial charge on any atom is -0.456 e. The highest BCUT2D eigenvalue weighted by Gasteiger charge is 2.34. The van der Waals surface area contributed by atoms with Crippen LogP contribution in [0, 0.1) is 0 Å². The molecule has 0 radical (unpaired) electrons. The Morgan fingerprint density at radius 3 is 2.35 bits per heavy atom. The lowest BCUT2D eigenvalue weighted by molar-refractivity contribution is -0.138. The summed E-state index contributed by atoms with van der Waals surface area (Å²) in [4.78, 5) is 0. The summed E-state index contributed by atoms with van der Waals surface area (Å²) in [5.74, 6) is 0.0695. The van der Waals surface area contributed by atoms with Crippen LogP contribution in [0.3, 0.4) is 0 Å². The van der Waals surface area contributed by atoms with E-state index in [2.05, 4.69) is 15.9 Å². The molecule has 2 nitrogen and oxygen atoms in total. The van der Waals surface area contributed by atoms with Gasteiger partial charge in [0, 0.05) is 6.54 Å². The number of nitrogens with two attached hydrogens (primary N) is 1. The minimum atomic E-state index is -4.46. The van der Waals surface area contributed by atoms with Gasteiger partial charge in [0.2, 0.25) is 0 Å². The maximum Gasteiger partial charge on any atom is 0.419 e. The second-order valence-corrected chi connectivity index (χ2v) is 4.92. The number of benzene rings is 2. The van der Waals surface area contributed by atoms with E-state index in [1.165, 1.54) is 18.2 Å². The van der Waals surface area contributed by atoms with Gasteiger partial charge in [0.1, 0.15) is 11.5 Å². The smallest absolute Gasteiger partial charge is 0.419 e. The molecule has 0 aromatic heterocycles. The van der Waals surface area contributed by atoms with Gasteiger partial charge < -0.3 is 10.5 Å². The molecule has 0 unspecified atom stereocenters. The van der Waals surface area contributed by atoms with Crippen LogP contribution in [0.1, 0.15) is 11.1 Å². The van der Waals surface area contributed by atoms with E-state index in [-0.39, 0.29) is 5.75 Å². The summed E-state index contributed by atoms with van der Waals surface area (Å²) in [6, 6.07) is 10.1. The first kappa shape index (κ1) is 14.9. The zero-order valence-electron chi connectivity index (χ0n) is 10.2. The molecule has 106 valence electrons. The van der Waals surface area contributed by atoms with E-state index in [4.69, 9.17) is 10.5 Å². The van der Waals surface area contributed by atoms with Crippen LogP contribution in [0.2, 0.25) is 0 Å². The van der Waals surface area contributed by atoms with Gasteiger partial charge in [0.05, 0.1) is 10.0 Å². The standard InChI is InChI=1S/C14H11BrF3NO/c15-11-7-9(8-19)5-6-13(11)20-12-4-2-1-3-10(12)14(16,17)18/h1-7H,8,19H2. The Bertz CT molecular complexity index is 614. The molecule has 0 aliphatic heterocycles. The number of hydrogen-bond donors (Lipinski definition) is 1. The van der Waals surface area contributed by atoms with Gasteiger partial charge >= 0.3 is 6.18 Å². The van der Waals surface area contributed by atoms with Crippen molar-refractivity contribution < 1.29 is 17.9 Å². The number of rotatable bonds is 3. The molecule has 0 fully saturated rings. The topological polar surface area (TPSA) is 35.2 Å². The van der Waals surface area contributed by atoms with Gasteiger partial charge in [-0.05, 0) is 45.8 Å². The molecular formula is C14H11BrF3NO. The van der Waals surface area contributed by atoms with Crippen molar-refractivity contribution in [3.63, 3.8) is 0 Å². The maximum absolute atomic E-state index is 12.9. The number of alkyl halides is 3. The summed E-state index contributed by atoms with van der Waals surface area (Å²) in [7, 11) is 0.